The number of anilines is 2. The van der Waals surface area contributed by atoms with Gasteiger partial charge in [0, 0.05) is 51.9 Å². The lowest BCUT2D eigenvalue weighted by Gasteiger charge is -2.42. The smallest absolute Gasteiger partial charge is 0.223 e. The third-order valence-electron chi connectivity index (χ3n) is 6.33. The first-order valence-electron chi connectivity index (χ1n) is 12.8. The molecule has 3 rings (SSSR count). The summed E-state index contributed by atoms with van der Waals surface area (Å²) in [6.45, 7) is 15.2. The molecule has 1 heterocycles. The summed E-state index contributed by atoms with van der Waals surface area (Å²) in [4.78, 5) is 18.3. The molecule has 0 aliphatic heterocycles. The predicted molar refractivity (Wildman–Crippen MR) is 158 cm³/mol. The molecule has 0 aliphatic rings. The highest BCUT2D eigenvalue weighted by molar-refractivity contribution is 7.84. The lowest BCUT2D eigenvalue weighted by molar-refractivity contribution is -0.114. The minimum Gasteiger partial charge on any atom is -0.381 e. The highest BCUT2D eigenvalue weighted by atomic mass is 32.2. The van der Waals surface area contributed by atoms with E-state index in [-0.39, 0.29) is 16.7 Å². The molecule has 1 atom stereocenters. The molecule has 200 valence electrons. The fraction of sp³-hybridized carbons (Fsp3) is 0.467. The summed E-state index contributed by atoms with van der Waals surface area (Å²) < 4.78 is 11.7. The van der Waals surface area contributed by atoms with Crippen molar-refractivity contribution in [1.82, 2.24) is 4.98 Å². The van der Waals surface area contributed by atoms with Crippen molar-refractivity contribution < 1.29 is 9.00 Å². The SMILES string of the molecule is CC(=O)Nc1nc(CCc2ccc(NC(C(C)(C)C)C(C)(C)C)cc2)c(Cc2ccc(S(C)=O)cc2)s1. The number of nitrogens with one attached hydrogen (secondary N) is 2. The summed E-state index contributed by atoms with van der Waals surface area (Å²) in [6.07, 6.45) is 4.08. The van der Waals surface area contributed by atoms with Gasteiger partial charge < -0.3 is 10.6 Å². The van der Waals surface area contributed by atoms with Crippen molar-refractivity contribution >= 4 is 38.9 Å². The molecule has 1 unspecified atom stereocenters. The Labute approximate surface area is 229 Å². The van der Waals surface area contributed by atoms with Crippen LogP contribution >= 0.6 is 11.3 Å². The van der Waals surface area contributed by atoms with Gasteiger partial charge in [-0.15, -0.1) is 11.3 Å². The minimum absolute atomic E-state index is 0.117. The number of amides is 1. The molecule has 5 nitrogen and oxygen atoms in total. The fourth-order valence-electron chi connectivity index (χ4n) is 4.83. The molecule has 0 saturated carbocycles. The van der Waals surface area contributed by atoms with E-state index in [0.29, 0.717) is 11.2 Å². The van der Waals surface area contributed by atoms with Gasteiger partial charge in [0.05, 0.1) is 5.69 Å². The Balaban J connectivity index is 1.73. The lowest BCUT2D eigenvalue weighted by Crippen LogP contribution is -2.44. The van der Waals surface area contributed by atoms with Crippen LogP contribution in [0.5, 0.6) is 0 Å². The average Bonchev–Trinajstić information content (AvgIpc) is 3.15. The molecule has 0 bridgehead atoms. The summed E-state index contributed by atoms with van der Waals surface area (Å²) in [7, 11) is -0.991. The molecule has 1 amide bonds. The van der Waals surface area contributed by atoms with Crippen molar-refractivity contribution in [3.63, 3.8) is 0 Å². The Bertz CT molecular complexity index is 1200. The van der Waals surface area contributed by atoms with Gasteiger partial charge in [0.15, 0.2) is 5.13 Å². The van der Waals surface area contributed by atoms with Gasteiger partial charge >= 0.3 is 0 Å². The zero-order valence-electron chi connectivity index (χ0n) is 23.4. The first-order chi connectivity index (χ1) is 17.2. The molecule has 37 heavy (non-hydrogen) atoms. The second kappa shape index (κ2) is 11.9. The number of rotatable bonds is 9. The molecule has 2 aromatic carbocycles. The summed E-state index contributed by atoms with van der Waals surface area (Å²) in [6, 6.07) is 16.9. The number of carbonyl (C=O) groups excluding carboxylic acids is 1. The predicted octanol–water partition coefficient (Wildman–Crippen LogP) is 7.09. The van der Waals surface area contributed by atoms with E-state index in [0.717, 1.165) is 46.0 Å². The van der Waals surface area contributed by atoms with Gasteiger partial charge in [0.1, 0.15) is 0 Å². The van der Waals surface area contributed by atoms with E-state index < -0.39 is 10.8 Å². The molecule has 0 saturated heterocycles. The quantitative estimate of drug-likeness (QED) is 0.305. The Hall–Kier alpha value is -2.51. The van der Waals surface area contributed by atoms with Crippen LogP contribution in [0.15, 0.2) is 53.4 Å². The van der Waals surface area contributed by atoms with E-state index >= 15 is 0 Å². The van der Waals surface area contributed by atoms with Gasteiger partial charge in [-0.3, -0.25) is 9.00 Å². The van der Waals surface area contributed by atoms with Crippen LogP contribution in [-0.4, -0.2) is 27.4 Å². The molecule has 0 radical (unpaired) electrons. The molecule has 2 N–H and O–H groups in total. The number of aryl methyl sites for hydroxylation is 2. The topological polar surface area (TPSA) is 71.1 Å². The second-order valence-corrected chi connectivity index (χ2v) is 14.3. The highest BCUT2D eigenvalue weighted by Crippen LogP contribution is 2.36. The first-order valence-corrected chi connectivity index (χ1v) is 15.1. The third-order valence-corrected chi connectivity index (χ3v) is 8.28. The molecule has 0 aliphatic carbocycles. The molecule has 0 fully saturated rings. The number of hydrogen-bond donors (Lipinski definition) is 2. The lowest BCUT2D eigenvalue weighted by atomic mass is 9.72. The number of aromatic nitrogens is 1. The molecule has 7 heteroatoms. The second-order valence-electron chi connectivity index (χ2n) is 11.9. The molecule has 3 aromatic rings. The molecule has 0 spiro atoms. The van der Waals surface area contributed by atoms with Crippen LogP contribution in [0.3, 0.4) is 0 Å². The van der Waals surface area contributed by atoms with Gasteiger partial charge in [0.2, 0.25) is 5.91 Å². The zero-order chi connectivity index (χ0) is 27.4. The maximum absolute atomic E-state index is 11.7. The number of thiazole rings is 1. The molecule has 1 aromatic heterocycles. The van der Waals surface area contributed by atoms with Crippen molar-refractivity contribution in [3.8, 4) is 0 Å². The van der Waals surface area contributed by atoms with Gasteiger partial charge in [0.25, 0.3) is 0 Å². The van der Waals surface area contributed by atoms with Gasteiger partial charge in [-0.1, -0.05) is 65.8 Å². The maximum atomic E-state index is 11.7. The van der Waals surface area contributed by atoms with Crippen molar-refractivity contribution in [2.75, 3.05) is 16.9 Å². The largest absolute Gasteiger partial charge is 0.381 e. The van der Waals surface area contributed by atoms with Crippen molar-refractivity contribution in [1.29, 1.82) is 0 Å². The average molecular weight is 540 g/mol. The van der Waals surface area contributed by atoms with Crippen LogP contribution in [-0.2, 0) is 34.9 Å². The van der Waals surface area contributed by atoms with Crippen LogP contribution in [0.2, 0.25) is 0 Å². The van der Waals surface area contributed by atoms with E-state index in [4.69, 9.17) is 4.98 Å². The number of hydrogen-bond acceptors (Lipinski definition) is 5. The standard InChI is InChI=1S/C30H41N3O2S2/c1-20(34)31-28-33-25(26(36-28)19-22-11-16-24(17-12-22)37(8)35)18-13-21-9-14-23(15-10-21)32-27(29(2,3)4)30(5,6)7/h9-12,14-17,27,32H,13,18-19H2,1-8H3,(H,31,33,34). The van der Waals surface area contributed by atoms with Gasteiger partial charge in [-0.25, -0.2) is 4.98 Å². The van der Waals surface area contributed by atoms with E-state index in [1.54, 1.807) is 6.26 Å². The van der Waals surface area contributed by atoms with Crippen molar-refractivity contribution in [3.05, 3.63) is 70.2 Å². The first kappa shape index (κ1) is 29.1. The Morgan fingerprint density at radius 2 is 1.49 bits per heavy atom. The minimum atomic E-state index is -0.991. The highest BCUT2D eigenvalue weighted by Gasteiger charge is 2.34. The van der Waals surface area contributed by atoms with E-state index in [9.17, 15) is 9.00 Å². The van der Waals surface area contributed by atoms with Crippen molar-refractivity contribution in [2.24, 2.45) is 10.8 Å². The van der Waals surface area contributed by atoms with Crippen LogP contribution < -0.4 is 10.6 Å². The molecular formula is C30H41N3O2S2. The normalized spacial score (nSPS) is 13.0. The van der Waals surface area contributed by atoms with Crippen LogP contribution in [0.4, 0.5) is 10.8 Å². The van der Waals surface area contributed by atoms with Crippen molar-refractivity contribution in [2.45, 2.75) is 78.7 Å². The Kier molecular flexibility index (Phi) is 9.35. The summed E-state index contributed by atoms with van der Waals surface area (Å²) in [5, 5.41) is 7.24. The number of carbonyl (C=O) groups is 1. The van der Waals surface area contributed by atoms with Crippen LogP contribution in [0.25, 0.3) is 0 Å². The number of nitrogens with zero attached hydrogens (tertiary/aromatic N) is 1. The Morgan fingerprint density at radius 3 is 2.00 bits per heavy atom. The number of benzene rings is 2. The van der Waals surface area contributed by atoms with Crippen LogP contribution in [0, 0.1) is 10.8 Å². The van der Waals surface area contributed by atoms with Gasteiger partial charge in [-0.2, -0.15) is 0 Å². The third kappa shape index (κ3) is 8.50. The Morgan fingerprint density at radius 1 is 0.919 bits per heavy atom. The molecular weight excluding hydrogens is 498 g/mol. The monoisotopic (exact) mass is 539 g/mol. The van der Waals surface area contributed by atoms with Gasteiger partial charge in [-0.05, 0) is 59.1 Å². The summed E-state index contributed by atoms with van der Waals surface area (Å²) in [5.41, 5.74) is 4.81. The summed E-state index contributed by atoms with van der Waals surface area (Å²) >= 11 is 1.53. The van der Waals surface area contributed by atoms with E-state index in [1.807, 2.05) is 24.3 Å². The fourth-order valence-corrected chi connectivity index (χ4v) is 6.44. The van der Waals surface area contributed by atoms with Crippen LogP contribution in [0.1, 0.15) is 70.2 Å². The summed E-state index contributed by atoms with van der Waals surface area (Å²) in [5.74, 6) is -0.117. The maximum Gasteiger partial charge on any atom is 0.223 e. The van der Waals surface area contributed by atoms with E-state index in [2.05, 4.69) is 76.4 Å². The van der Waals surface area contributed by atoms with E-state index in [1.165, 1.54) is 23.8 Å². The zero-order valence-corrected chi connectivity index (χ0v) is 25.0.